The van der Waals surface area contributed by atoms with Crippen LogP contribution in [0.2, 0.25) is 4.34 Å². The van der Waals surface area contributed by atoms with Crippen LogP contribution in [0.5, 0.6) is 0 Å². The van der Waals surface area contributed by atoms with Gasteiger partial charge in [-0.3, -0.25) is 0 Å². The van der Waals surface area contributed by atoms with Gasteiger partial charge >= 0.3 is 0 Å². The number of hydrogen-bond donors (Lipinski definition) is 2. The summed E-state index contributed by atoms with van der Waals surface area (Å²) in [5.41, 5.74) is 6.23. The molecule has 4 N–H and O–H groups in total. The fourth-order valence-corrected chi connectivity index (χ4v) is 1.98. The first-order chi connectivity index (χ1) is 6.16. The zero-order valence-electron chi connectivity index (χ0n) is 6.57. The summed E-state index contributed by atoms with van der Waals surface area (Å²) in [4.78, 5) is 5.02. The largest absolute Gasteiger partial charge is 0.368 e. The molecule has 2 aromatic rings. The molecule has 0 aromatic carbocycles. The van der Waals surface area contributed by atoms with Crippen LogP contribution in [0.1, 0.15) is 0 Å². The van der Waals surface area contributed by atoms with E-state index in [0.717, 1.165) is 14.9 Å². The Hall–Kier alpha value is -1.20. The lowest BCUT2D eigenvalue weighted by Crippen LogP contribution is -2.09. The maximum atomic E-state index is 5.78. The third-order valence-electron chi connectivity index (χ3n) is 1.59. The smallest absolute Gasteiger partial charge is 0.219 e. The molecule has 0 aliphatic heterocycles. The van der Waals surface area contributed by atoms with Crippen LogP contribution in [0.25, 0.3) is 10.6 Å². The fourth-order valence-electron chi connectivity index (χ4n) is 0.979. The van der Waals surface area contributed by atoms with E-state index in [0.29, 0.717) is 5.95 Å². The maximum Gasteiger partial charge on any atom is 0.219 e. The molecule has 13 heavy (non-hydrogen) atoms. The number of nitrogens with two attached hydrogens (primary N) is 2. The summed E-state index contributed by atoms with van der Waals surface area (Å²) in [7, 11) is 0. The molecule has 0 atom stereocenters. The summed E-state index contributed by atoms with van der Waals surface area (Å²) in [6.07, 6.45) is 1.66. The molecule has 68 valence electrons. The normalized spacial score (nSPS) is 10.5. The Kier molecular flexibility index (Phi) is 1.90. The van der Waals surface area contributed by atoms with Gasteiger partial charge < -0.3 is 11.6 Å². The highest BCUT2D eigenvalue weighted by Crippen LogP contribution is 2.30. The molecule has 0 saturated carbocycles. The van der Waals surface area contributed by atoms with Gasteiger partial charge in [0.25, 0.3) is 0 Å². The molecular formula is C7H7ClN4S. The molecular weight excluding hydrogens is 208 g/mol. The van der Waals surface area contributed by atoms with Crippen LogP contribution in [0.15, 0.2) is 18.3 Å². The zero-order chi connectivity index (χ0) is 9.42. The van der Waals surface area contributed by atoms with Gasteiger partial charge in [-0.1, -0.05) is 11.6 Å². The summed E-state index contributed by atoms with van der Waals surface area (Å²) in [6.45, 7) is 0. The van der Waals surface area contributed by atoms with E-state index in [1.807, 2.05) is 12.1 Å². The maximum absolute atomic E-state index is 5.78. The average molecular weight is 215 g/mol. The predicted octanol–water partition coefficient (Wildman–Crippen LogP) is 1.56. The lowest BCUT2D eigenvalue weighted by Gasteiger charge is -1.88. The molecule has 0 amide bonds. The van der Waals surface area contributed by atoms with Crippen molar-refractivity contribution in [2.24, 2.45) is 0 Å². The van der Waals surface area contributed by atoms with Crippen molar-refractivity contribution in [3.05, 3.63) is 22.7 Å². The Morgan fingerprint density at radius 2 is 2.23 bits per heavy atom. The highest BCUT2D eigenvalue weighted by atomic mass is 35.5. The van der Waals surface area contributed by atoms with Gasteiger partial charge in [0.05, 0.1) is 15.4 Å². The van der Waals surface area contributed by atoms with Gasteiger partial charge in [-0.25, -0.2) is 9.66 Å². The molecule has 4 nitrogen and oxygen atoms in total. The summed E-state index contributed by atoms with van der Waals surface area (Å²) in [5.74, 6) is 5.78. The minimum Gasteiger partial charge on any atom is -0.368 e. The Balaban J connectivity index is 2.46. The van der Waals surface area contributed by atoms with Crippen molar-refractivity contribution in [3.8, 4) is 10.6 Å². The first kappa shape index (κ1) is 8.40. The highest BCUT2D eigenvalue weighted by molar-refractivity contribution is 7.19. The molecule has 0 aliphatic carbocycles. The van der Waals surface area contributed by atoms with Crippen LogP contribution in [0, 0.1) is 0 Å². The molecule has 0 radical (unpaired) electrons. The second kappa shape index (κ2) is 2.93. The first-order valence-electron chi connectivity index (χ1n) is 3.52. The molecule has 2 aromatic heterocycles. The molecule has 0 fully saturated rings. The van der Waals surface area contributed by atoms with Gasteiger partial charge in [0.2, 0.25) is 5.95 Å². The van der Waals surface area contributed by atoms with Crippen molar-refractivity contribution in [2.75, 3.05) is 11.6 Å². The molecule has 0 aliphatic rings. The number of hydrogen-bond acceptors (Lipinski definition) is 4. The summed E-state index contributed by atoms with van der Waals surface area (Å²) < 4.78 is 2.00. The summed E-state index contributed by atoms with van der Waals surface area (Å²) >= 11 is 7.22. The van der Waals surface area contributed by atoms with E-state index < -0.39 is 0 Å². The zero-order valence-corrected chi connectivity index (χ0v) is 8.14. The predicted molar refractivity (Wildman–Crippen MR) is 55.1 cm³/mol. The fraction of sp³-hybridized carbons (Fsp3) is 0. The number of anilines is 1. The first-order valence-corrected chi connectivity index (χ1v) is 4.72. The lowest BCUT2D eigenvalue weighted by molar-refractivity contribution is 1.02. The SMILES string of the molecule is Nc1nc(-c2ccc(Cl)s2)cn1N. The molecule has 2 rings (SSSR count). The summed E-state index contributed by atoms with van der Waals surface area (Å²) in [5, 5.41) is 0. The van der Waals surface area contributed by atoms with E-state index in [1.165, 1.54) is 16.0 Å². The van der Waals surface area contributed by atoms with Gasteiger partial charge in [0.1, 0.15) is 5.69 Å². The van der Waals surface area contributed by atoms with E-state index in [4.69, 9.17) is 23.2 Å². The van der Waals surface area contributed by atoms with Crippen molar-refractivity contribution in [3.63, 3.8) is 0 Å². The van der Waals surface area contributed by atoms with Gasteiger partial charge in [0, 0.05) is 0 Å². The molecule has 0 spiro atoms. The van der Waals surface area contributed by atoms with Gasteiger partial charge in [-0.2, -0.15) is 0 Å². The number of aromatic nitrogens is 2. The molecule has 6 heteroatoms. The van der Waals surface area contributed by atoms with Crippen LogP contribution < -0.4 is 11.6 Å². The van der Waals surface area contributed by atoms with E-state index in [1.54, 1.807) is 6.20 Å². The molecule has 2 heterocycles. The van der Waals surface area contributed by atoms with Crippen LogP contribution in [0.4, 0.5) is 5.95 Å². The van der Waals surface area contributed by atoms with Gasteiger partial charge in [0.15, 0.2) is 0 Å². The van der Waals surface area contributed by atoms with E-state index in [-0.39, 0.29) is 0 Å². The Morgan fingerprint density at radius 3 is 2.69 bits per heavy atom. The number of imidazole rings is 1. The number of halogens is 1. The van der Waals surface area contributed by atoms with Crippen molar-refractivity contribution >= 4 is 28.9 Å². The Bertz CT molecular complexity index is 414. The monoisotopic (exact) mass is 214 g/mol. The summed E-state index contributed by atoms with van der Waals surface area (Å²) in [6, 6.07) is 3.70. The van der Waals surface area contributed by atoms with Crippen LogP contribution in [-0.2, 0) is 0 Å². The minimum absolute atomic E-state index is 0.291. The number of nitrogens with zero attached hydrogens (tertiary/aromatic N) is 2. The molecule has 0 saturated heterocycles. The second-order valence-electron chi connectivity index (χ2n) is 2.50. The third kappa shape index (κ3) is 1.48. The van der Waals surface area contributed by atoms with Crippen LogP contribution in [-0.4, -0.2) is 9.66 Å². The molecule has 0 bridgehead atoms. The van der Waals surface area contributed by atoms with Gasteiger partial charge in [-0.15, -0.1) is 11.3 Å². The standard InChI is InChI=1S/C7H7ClN4S/c8-6-2-1-5(13-6)4-3-12(10)7(9)11-4/h1-3H,10H2,(H2,9,11). The van der Waals surface area contributed by atoms with Crippen molar-refractivity contribution in [2.45, 2.75) is 0 Å². The third-order valence-corrected chi connectivity index (χ3v) is 2.84. The van der Waals surface area contributed by atoms with Gasteiger partial charge in [-0.05, 0) is 12.1 Å². The van der Waals surface area contributed by atoms with Crippen molar-refractivity contribution < 1.29 is 0 Å². The quantitative estimate of drug-likeness (QED) is 0.708. The average Bonchev–Trinajstić information content (AvgIpc) is 2.61. The number of nitrogen functional groups attached to an aromatic ring is 2. The number of thiophene rings is 1. The lowest BCUT2D eigenvalue weighted by atomic mass is 10.4. The van der Waals surface area contributed by atoms with Crippen LogP contribution >= 0.6 is 22.9 Å². The minimum atomic E-state index is 0.291. The van der Waals surface area contributed by atoms with E-state index in [9.17, 15) is 0 Å². The Labute approximate surface area is 83.7 Å². The van der Waals surface area contributed by atoms with Crippen molar-refractivity contribution in [1.82, 2.24) is 9.66 Å². The Morgan fingerprint density at radius 1 is 1.46 bits per heavy atom. The highest BCUT2D eigenvalue weighted by Gasteiger charge is 2.06. The van der Waals surface area contributed by atoms with Crippen molar-refractivity contribution in [1.29, 1.82) is 0 Å². The topological polar surface area (TPSA) is 69.9 Å². The number of rotatable bonds is 1. The van der Waals surface area contributed by atoms with E-state index in [2.05, 4.69) is 4.98 Å². The second-order valence-corrected chi connectivity index (χ2v) is 4.21. The van der Waals surface area contributed by atoms with Crippen LogP contribution in [0.3, 0.4) is 0 Å². The van der Waals surface area contributed by atoms with E-state index >= 15 is 0 Å². The molecule has 0 unspecified atom stereocenters.